The molecule has 5 aromatic rings. The summed E-state index contributed by atoms with van der Waals surface area (Å²) in [6.45, 7) is 0.805. The van der Waals surface area contributed by atoms with Gasteiger partial charge in [-0.2, -0.15) is 0 Å². The summed E-state index contributed by atoms with van der Waals surface area (Å²) in [7, 11) is 0. The molecular weight excluding hydrogens is 546 g/mol. The first-order valence-electron chi connectivity index (χ1n) is 13.7. The number of benzene rings is 4. The predicted octanol–water partition coefficient (Wildman–Crippen LogP) is 7.32. The summed E-state index contributed by atoms with van der Waals surface area (Å²) >= 11 is 1.59. The molecule has 0 spiro atoms. The molecule has 1 aromatic heterocycles. The Bertz CT molecular complexity index is 1560. The highest BCUT2D eigenvalue weighted by atomic mass is 32.1. The number of amides is 2. The van der Waals surface area contributed by atoms with Crippen LogP contribution in [0.2, 0.25) is 0 Å². The van der Waals surface area contributed by atoms with E-state index in [1.54, 1.807) is 11.3 Å². The highest BCUT2D eigenvalue weighted by Gasteiger charge is 2.22. The highest BCUT2D eigenvalue weighted by Crippen LogP contribution is 2.29. The Morgan fingerprint density at radius 1 is 0.738 bits per heavy atom. The molecule has 1 unspecified atom stereocenters. The number of rotatable bonds is 12. The summed E-state index contributed by atoms with van der Waals surface area (Å²) in [5.74, 6) is -0.523. The molecule has 212 valence electrons. The van der Waals surface area contributed by atoms with E-state index in [0.29, 0.717) is 12.3 Å². The van der Waals surface area contributed by atoms with Gasteiger partial charge in [0.2, 0.25) is 0 Å². The van der Waals surface area contributed by atoms with E-state index in [4.69, 9.17) is 14.5 Å². The van der Waals surface area contributed by atoms with Crippen molar-refractivity contribution in [1.82, 2.24) is 10.3 Å². The summed E-state index contributed by atoms with van der Waals surface area (Å²) in [4.78, 5) is 30.6. The van der Waals surface area contributed by atoms with Gasteiger partial charge in [0.05, 0.1) is 12.3 Å². The fourth-order valence-electron chi connectivity index (χ4n) is 4.21. The second-order valence-corrected chi connectivity index (χ2v) is 10.4. The van der Waals surface area contributed by atoms with Gasteiger partial charge >= 0.3 is 12.0 Å². The molecule has 0 aliphatic heterocycles. The Kier molecular flexibility index (Phi) is 10.1. The number of nitrogens with one attached hydrogen (secondary N) is 2. The van der Waals surface area contributed by atoms with Gasteiger partial charge in [-0.15, -0.1) is 11.3 Å². The number of nitrogens with zero attached hydrogens (tertiary/aromatic N) is 1. The lowest BCUT2D eigenvalue weighted by Crippen LogP contribution is -2.44. The predicted molar refractivity (Wildman–Crippen MR) is 166 cm³/mol. The van der Waals surface area contributed by atoms with Gasteiger partial charge in [-0.05, 0) is 23.3 Å². The van der Waals surface area contributed by atoms with Crippen LogP contribution in [0.3, 0.4) is 0 Å². The Balaban J connectivity index is 1.17. The Labute approximate surface area is 249 Å². The van der Waals surface area contributed by atoms with Crippen LogP contribution in [0.15, 0.2) is 121 Å². The number of esters is 1. The van der Waals surface area contributed by atoms with Crippen molar-refractivity contribution in [2.45, 2.75) is 25.7 Å². The monoisotopic (exact) mass is 577 g/mol. The number of hydrogen-bond acceptors (Lipinski definition) is 6. The first-order valence-corrected chi connectivity index (χ1v) is 14.5. The highest BCUT2D eigenvalue weighted by molar-refractivity contribution is 7.13. The van der Waals surface area contributed by atoms with E-state index in [9.17, 15) is 9.59 Å². The molecule has 1 atom stereocenters. The van der Waals surface area contributed by atoms with Crippen LogP contribution in [-0.2, 0) is 27.5 Å². The molecular formula is C34H31N3O4S. The number of hydrogen-bond donors (Lipinski definition) is 2. The van der Waals surface area contributed by atoms with Gasteiger partial charge in [0.25, 0.3) is 0 Å². The minimum atomic E-state index is -0.879. The van der Waals surface area contributed by atoms with Crippen molar-refractivity contribution in [2.75, 3.05) is 11.9 Å². The standard InChI is InChI=1S/C34H31N3O4S/c38-33(41-23-26-12-6-2-7-13-26)30(20-21-40-22-25-10-4-1-5-11-25)37-34(39)35-29-18-16-27(17-19-29)31-24-42-32(36-31)28-14-8-3-9-15-28/h1-19,24,30H,20-23H2,(H2,35,37,39). The lowest BCUT2D eigenvalue weighted by atomic mass is 10.1. The smallest absolute Gasteiger partial charge is 0.329 e. The first kappa shape index (κ1) is 28.7. The van der Waals surface area contributed by atoms with Crippen molar-refractivity contribution in [3.63, 3.8) is 0 Å². The molecule has 42 heavy (non-hydrogen) atoms. The van der Waals surface area contributed by atoms with Crippen molar-refractivity contribution in [1.29, 1.82) is 0 Å². The SMILES string of the molecule is O=C(Nc1ccc(-c2csc(-c3ccccc3)n2)cc1)NC(CCOCc1ccccc1)C(=O)OCc1ccccc1. The molecule has 2 N–H and O–H groups in total. The quantitative estimate of drug-likeness (QED) is 0.120. The van der Waals surface area contributed by atoms with E-state index in [0.717, 1.165) is 33.0 Å². The van der Waals surface area contributed by atoms with Gasteiger partial charge in [0.1, 0.15) is 17.7 Å². The molecule has 0 bridgehead atoms. The third-order valence-electron chi connectivity index (χ3n) is 6.44. The van der Waals surface area contributed by atoms with Crippen molar-refractivity contribution in [3.05, 3.63) is 132 Å². The van der Waals surface area contributed by atoms with Crippen LogP contribution in [0.1, 0.15) is 17.5 Å². The molecule has 0 aliphatic rings. The summed E-state index contributed by atoms with van der Waals surface area (Å²) in [5.41, 5.74) is 5.37. The second-order valence-electron chi connectivity index (χ2n) is 9.55. The molecule has 8 heteroatoms. The third kappa shape index (κ3) is 8.36. The van der Waals surface area contributed by atoms with Gasteiger partial charge < -0.3 is 20.1 Å². The number of aromatic nitrogens is 1. The van der Waals surface area contributed by atoms with E-state index >= 15 is 0 Å². The number of urea groups is 1. The van der Waals surface area contributed by atoms with Crippen LogP contribution in [-0.4, -0.2) is 29.6 Å². The topological polar surface area (TPSA) is 89.5 Å². The van der Waals surface area contributed by atoms with Crippen molar-refractivity contribution in [2.24, 2.45) is 0 Å². The van der Waals surface area contributed by atoms with Crippen LogP contribution in [0.4, 0.5) is 10.5 Å². The fourth-order valence-corrected chi connectivity index (χ4v) is 5.05. The zero-order valence-corrected chi connectivity index (χ0v) is 23.8. The maximum atomic E-state index is 12.9. The number of ether oxygens (including phenoxy) is 2. The Hall–Kier alpha value is -4.79. The van der Waals surface area contributed by atoms with Gasteiger partial charge in [-0.25, -0.2) is 14.6 Å². The molecule has 7 nitrogen and oxygen atoms in total. The summed E-state index contributed by atoms with van der Waals surface area (Å²) in [6, 6.07) is 35.3. The minimum Gasteiger partial charge on any atom is -0.459 e. The zero-order chi connectivity index (χ0) is 29.0. The molecule has 4 aromatic carbocycles. The van der Waals surface area contributed by atoms with Crippen LogP contribution >= 0.6 is 11.3 Å². The van der Waals surface area contributed by atoms with Gasteiger partial charge in [0, 0.05) is 35.2 Å². The lowest BCUT2D eigenvalue weighted by Gasteiger charge is -2.18. The molecule has 0 radical (unpaired) electrons. The second kappa shape index (κ2) is 14.7. The Morgan fingerprint density at radius 2 is 1.36 bits per heavy atom. The van der Waals surface area contributed by atoms with Crippen LogP contribution in [0.5, 0.6) is 0 Å². The summed E-state index contributed by atoms with van der Waals surface area (Å²) in [6.07, 6.45) is 0.264. The molecule has 0 fully saturated rings. The van der Waals surface area contributed by atoms with Crippen molar-refractivity contribution < 1.29 is 19.1 Å². The summed E-state index contributed by atoms with van der Waals surface area (Å²) in [5, 5.41) is 8.53. The summed E-state index contributed by atoms with van der Waals surface area (Å²) < 4.78 is 11.3. The third-order valence-corrected chi connectivity index (χ3v) is 7.33. The maximum absolute atomic E-state index is 12.9. The molecule has 0 saturated heterocycles. The average molecular weight is 578 g/mol. The number of carbonyl (C=O) groups excluding carboxylic acids is 2. The van der Waals surface area contributed by atoms with E-state index < -0.39 is 18.0 Å². The van der Waals surface area contributed by atoms with E-state index in [1.165, 1.54) is 0 Å². The normalized spacial score (nSPS) is 11.4. The number of thiazole rings is 1. The van der Waals surface area contributed by atoms with Gasteiger partial charge in [-0.3, -0.25) is 0 Å². The van der Waals surface area contributed by atoms with Crippen LogP contribution < -0.4 is 10.6 Å². The first-order chi connectivity index (χ1) is 20.6. The lowest BCUT2D eigenvalue weighted by molar-refractivity contribution is -0.147. The molecule has 1 heterocycles. The minimum absolute atomic E-state index is 0.119. The van der Waals surface area contributed by atoms with E-state index in [2.05, 4.69) is 10.6 Å². The van der Waals surface area contributed by atoms with E-state index in [-0.39, 0.29) is 19.6 Å². The molecule has 2 amide bonds. The largest absolute Gasteiger partial charge is 0.459 e. The molecule has 5 rings (SSSR count). The average Bonchev–Trinajstić information content (AvgIpc) is 3.54. The molecule has 0 saturated carbocycles. The Morgan fingerprint density at radius 3 is 2.02 bits per heavy atom. The van der Waals surface area contributed by atoms with Crippen molar-refractivity contribution in [3.8, 4) is 21.8 Å². The van der Waals surface area contributed by atoms with E-state index in [1.807, 2.05) is 121 Å². The number of carbonyl (C=O) groups is 2. The van der Waals surface area contributed by atoms with Gasteiger partial charge in [0.15, 0.2) is 0 Å². The van der Waals surface area contributed by atoms with Crippen LogP contribution in [0.25, 0.3) is 21.8 Å². The van der Waals surface area contributed by atoms with Crippen molar-refractivity contribution >= 4 is 29.0 Å². The fraction of sp³-hybridized carbons (Fsp3) is 0.147. The zero-order valence-electron chi connectivity index (χ0n) is 22.9. The number of anilines is 1. The van der Waals surface area contributed by atoms with Crippen LogP contribution in [0, 0.1) is 0 Å². The maximum Gasteiger partial charge on any atom is 0.329 e. The van der Waals surface area contributed by atoms with Gasteiger partial charge in [-0.1, -0.05) is 103 Å². The molecule has 0 aliphatic carbocycles.